The van der Waals surface area contributed by atoms with Crippen LogP contribution in [0.1, 0.15) is 49.7 Å². The van der Waals surface area contributed by atoms with Crippen molar-refractivity contribution in [3.63, 3.8) is 0 Å². The van der Waals surface area contributed by atoms with Crippen molar-refractivity contribution in [2.24, 2.45) is 11.8 Å². The van der Waals surface area contributed by atoms with E-state index in [1.54, 1.807) is 12.1 Å². The van der Waals surface area contributed by atoms with E-state index in [-0.39, 0.29) is 35.6 Å². The van der Waals surface area contributed by atoms with Gasteiger partial charge in [0, 0.05) is 23.3 Å². The zero-order chi connectivity index (χ0) is 23.4. The summed E-state index contributed by atoms with van der Waals surface area (Å²) in [5.74, 6) is -1.83. The summed E-state index contributed by atoms with van der Waals surface area (Å²) >= 11 is 0. The second-order valence-electron chi connectivity index (χ2n) is 10.1. The van der Waals surface area contributed by atoms with Crippen LogP contribution in [0.4, 0.5) is 5.69 Å². The summed E-state index contributed by atoms with van der Waals surface area (Å²) in [6.07, 6.45) is 6.44. The van der Waals surface area contributed by atoms with Crippen LogP contribution < -0.4 is 10.6 Å². The normalized spacial score (nSPS) is 31.0. The number of hydrogen-bond acceptors (Lipinski definition) is 5. The number of phenols is 1. The predicted molar refractivity (Wildman–Crippen MR) is 126 cm³/mol. The molecule has 7 nitrogen and oxygen atoms in total. The summed E-state index contributed by atoms with van der Waals surface area (Å²) in [5.41, 5.74) is 1.12. The van der Waals surface area contributed by atoms with Gasteiger partial charge in [-0.05, 0) is 43.0 Å². The lowest BCUT2D eigenvalue weighted by Gasteiger charge is -2.32. The number of anilines is 1. The number of benzene rings is 2. The third kappa shape index (κ3) is 3.03. The predicted octanol–water partition coefficient (Wildman–Crippen LogP) is 3.08. The van der Waals surface area contributed by atoms with Gasteiger partial charge in [-0.25, -0.2) is 0 Å². The zero-order valence-electron chi connectivity index (χ0n) is 19.0. The summed E-state index contributed by atoms with van der Waals surface area (Å²) in [5, 5.41) is 16.1. The molecule has 1 spiro atoms. The lowest BCUT2D eigenvalue weighted by molar-refractivity contribution is -0.145. The van der Waals surface area contributed by atoms with Crippen molar-refractivity contribution in [1.82, 2.24) is 10.2 Å². The highest BCUT2D eigenvalue weighted by molar-refractivity contribution is 6.15. The molecule has 3 aliphatic heterocycles. The van der Waals surface area contributed by atoms with E-state index in [9.17, 15) is 19.5 Å². The van der Waals surface area contributed by atoms with Crippen LogP contribution in [-0.4, -0.2) is 39.8 Å². The average molecular weight is 460 g/mol. The Morgan fingerprint density at radius 3 is 2.35 bits per heavy atom. The maximum Gasteiger partial charge on any atom is 0.250 e. The highest BCUT2D eigenvalue weighted by Gasteiger charge is 2.70. The third-order valence-electron chi connectivity index (χ3n) is 8.24. The number of aromatic hydroxyl groups is 1. The molecule has 7 heteroatoms. The molecule has 6 rings (SSSR count). The first-order valence-electron chi connectivity index (χ1n) is 12.3. The number of nitrogens with one attached hydrogen (secondary N) is 2. The highest BCUT2D eigenvalue weighted by atomic mass is 16.3. The maximum atomic E-state index is 14.0. The van der Waals surface area contributed by atoms with E-state index in [4.69, 9.17) is 0 Å². The number of rotatable bonds is 3. The summed E-state index contributed by atoms with van der Waals surface area (Å²) in [6.45, 7) is 0. The Hall–Kier alpha value is -3.19. The van der Waals surface area contributed by atoms with Crippen LogP contribution in [0, 0.1) is 11.8 Å². The van der Waals surface area contributed by atoms with Gasteiger partial charge >= 0.3 is 0 Å². The Balaban J connectivity index is 1.44. The number of amides is 3. The molecule has 2 aromatic carbocycles. The molecular weight excluding hydrogens is 430 g/mol. The number of imide groups is 1. The van der Waals surface area contributed by atoms with Gasteiger partial charge in [0.1, 0.15) is 11.3 Å². The van der Waals surface area contributed by atoms with Crippen LogP contribution in [-0.2, 0) is 26.3 Å². The molecule has 3 heterocycles. The Bertz CT molecular complexity index is 1150. The second-order valence-corrected chi connectivity index (χ2v) is 10.1. The number of carbonyl (C=O) groups is 3. The number of carbonyl (C=O) groups excluding carboxylic acids is 3. The number of nitrogens with zero attached hydrogens (tertiary/aromatic N) is 1. The summed E-state index contributed by atoms with van der Waals surface area (Å²) in [4.78, 5) is 43.0. The van der Waals surface area contributed by atoms with E-state index in [0.717, 1.165) is 49.7 Å². The molecule has 0 radical (unpaired) electrons. The topological polar surface area (TPSA) is 98.7 Å². The molecule has 1 saturated carbocycles. The van der Waals surface area contributed by atoms with E-state index in [0.29, 0.717) is 12.1 Å². The van der Waals surface area contributed by atoms with Crippen LogP contribution in [0.5, 0.6) is 5.75 Å². The fraction of sp³-hybridized carbons (Fsp3) is 0.444. The minimum Gasteiger partial charge on any atom is -0.508 e. The Morgan fingerprint density at radius 2 is 1.62 bits per heavy atom. The van der Waals surface area contributed by atoms with E-state index in [2.05, 4.69) is 10.6 Å². The molecule has 2 saturated heterocycles. The van der Waals surface area contributed by atoms with E-state index < -0.39 is 17.4 Å². The van der Waals surface area contributed by atoms with Gasteiger partial charge in [0.05, 0.1) is 11.8 Å². The number of fused-ring (bicyclic) bond motifs is 4. The van der Waals surface area contributed by atoms with Gasteiger partial charge < -0.3 is 10.4 Å². The van der Waals surface area contributed by atoms with Crippen molar-refractivity contribution in [3.8, 4) is 5.75 Å². The van der Waals surface area contributed by atoms with Gasteiger partial charge in [-0.1, -0.05) is 56.0 Å². The Morgan fingerprint density at radius 1 is 0.912 bits per heavy atom. The van der Waals surface area contributed by atoms with Gasteiger partial charge in [0.25, 0.3) is 0 Å². The smallest absolute Gasteiger partial charge is 0.250 e. The van der Waals surface area contributed by atoms with Crippen molar-refractivity contribution in [2.45, 2.75) is 62.6 Å². The molecular formula is C27H29N3O4. The first-order chi connectivity index (χ1) is 16.5. The van der Waals surface area contributed by atoms with Crippen LogP contribution in [0.15, 0.2) is 48.5 Å². The quantitative estimate of drug-likeness (QED) is 0.484. The summed E-state index contributed by atoms with van der Waals surface area (Å²) in [6, 6.07) is 13.9. The van der Waals surface area contributed by atoms with Crippen molar-refractivity contribution >= 4 is 23.4 Å². The molecule has 0 bridgehead atoms. The van der Waals surface area contributed by atoms with E-state index >= 15 is 0 Å². The minimum atomic E-state index is -1.25. The van der Waals surface area contributed by atoms with Gasteiger partial charge in [-0.2, -0.15) is 0 Å². The molecule has 0 aromatic heterocycles. The van der Waals surface area contributed by atoms with Gasteiger partial charge in [0.15, 0.2) is 0 Å². The number of para-hydroxylation sites is 1. The van der Waals surface area contributed by atoms with Crippen molar-refractivity contribution in [3.05, 3.63) is 59.7 Å². The number of hydrogen-bond donors (Lipinski definition) is 3. The summed E-state index contributed by atoms with van der Waals surface area (Å²) in [7, 11) is 0. The first-order valence-corrected chi connectivity index (χ1v) is 12.3. The molecule has 4 atom stereocenters. The summed E-state index contributed by atoms with van der Waals surface area (Å²) < 4.78 is 0. The van der Waals surface area contributed by atoms with Gasteiger partial charge in [-0.3, -0.25) is 24.6 Å². The number of likely N-dealkylation sites (tertiary alicyclic amines) is 1. The van der Waals surface area contributed by atoms with Crippen molar-refractivity contribution in [2.75, 3.05) is 5.32 Å². The lowest BCUT2D eigenvalue weighted by Crippen LogP contribution is -2.54. The fourth-order valence-electron chi connectivity index (χ4n) is 6.72. The number of phenolic OH excluding ortho intramolecular Hbond substituents is 1. The van der Waals surface area contributed by atoms with Crippen LogP contribution in [0.3, 0.4) is 0 Å². The molecule has 3 N–H and O–H groups in total. The zero-order valence-corrected chi connectivity index (χ0v) is 19.0. The monoisotopic (exact) mass is 459 g/mol. The molecule has 176 valence electrons. The minimum absolute atomic E-state index is 0.0841. The molecule has 4 unspecified atom stereocenters. The van der Waals surface area contributed by atoms with E-state index in [1.807, 2.05) is 36.4 Å². The van der Waals surface area contributed by atoms with Gasteiger partial charge in [-0.15, -0.1) is 0 Å². The largest absolute Gasteiger partial charge is 0.508 e. The molecule has 4 aliphatic rings. The van der Waals surface area contributed by atoms with Gasteiger partial charge in [0.2, 0.25) is 17.7 Å². The Kier molecular flexibility index (Phi) is 4.99. The molecule has 2 aromatic rings. The lowest BCUT2D eigenvalue weighted by atomic mass is 9.76. The fourth-order valence-corrected chi connectivity index (χ4v) is 6.72. The average Bonchev–Trinajstić information content (AvgIpc) is 3.29. The van der Waals surface area contributed by atoms with Crippen LogP contribution in [0.2, 0.25) is 0 Å². The second kappa shape index (κ2) is 7.94. The Labute approximate surface area is 198 Å². The molecule has 3 amide bonds. The molecule has 34 heavy (non-hydrogen) atoms. The third-order valence-corrected chi connectivity index (χ3v) is 8.24. The molecule has 1 aliphatic carbocycles. The molecule has 3 fully saturated rings. The maximum absolute atomic E-state index is 14.0. The van der Waals surface area contributed by atoms with Crippen LogP contribution >= 0.6 is 0 Å². The SMILES string of the molecule is O=C1C2C(Cc3ccc(O)cc3)NC3(C(=O)Nc4ccccc43)C2C(=O)N1C1CCCCCC1. The highest BCUT2D eigenvalue weighted by Crippen LogP contribution is 2.54. The van der Waals surface area contributed by atoms with E-state index in [1.165, 1.54) is 4.90 Å². The first kappa shape index (κ1) is 21.4. The standard InChI is InChI=1S/C27H29N3O4/c31-18-13-11-16(12-14-18)15-21-22-23(25(33)30(24(22)32)17-7-3-1-2-4-8-17)27(29-21)19-9-5-6-10-20(19)28-26(27)34/h5-6,9-14,17,21-23,29,31H,1-4,7-8,15H2,(H,28,34). The van der Waals surface area contributed by atoms with Crippen molar-refractivity contribution < 1.29 is 19.5 Å². The van der Waals surface area contributed by atoms with Crippen molar-refractivity contribution in [1.29, 1.82) is 0 Å². The van der Waals surface area contributed by atoms with Crippen LogP contribution in [0.25, 0.3) is 0 Å².